The molecule has 110 valence electrons. The minimum absolute atomic E-state index is 0.237. The van der Waals surface area contributed by atoms with Gasteiger partial charge in [0.15, 0.2) is 0 Å². The van der Waals surface area contributed by atoms with Crippen LogP contribution in [0.2, 0.25) is 10.0 Å². The zero-order valence-corrected chi connectivity index (χ0v) is 12.9. The summed E-state index contributed by atoms with van der Waals surface area (Å²) in [4.78, 5) is 23.6. The first kappa shape index (κ1) is 15.6. The van der Waals surface area contributed by atoms with Crippen LogP contribution in [0.15, 0.2) is 30.3 Å². The van der Waals surface area contributed by atoms with Crippen LogP contribution in [0.5, 0.6) is 0 Å². The Bertz CT molecular complexity index is 704. The van der Waals surface area contributed by atoms with Gasteiger partial charge in [0.25, 0.3) is 0 Å². The van der Waals surface area contributed by atoms with Crippen molar-refractivity contribution in [2.45, 2.75) is 12.8 Å². The second-order valence-electron chi connectivity index (χ2n) is 4.72. The Morgan fingerprint density at radius 2 is 1.76 bits per heavy atom. The number of carbonyl (C=O) groups is 2. The summed E-state index contributed by atoms with van der Waals surface area (Å²) in [6, 6.07) is 7.96. The van der Waals surface area contributed by atoms with Crippen LogP contribution in [0, 0.1) is 0 Å². The summed E-state index contributed by atoms with van der Waals surface area (Å²) >= 11 is 11.9. The molecule has 0 aliphatic rings. The molecule has 1 heterocycles. The van der Waals surface area contributed by atoms with E-state index in [1.165, 1.54) is 10.6 Å². The molecule has 0 bridgehead atoms. The molecule has 4 nitrogen and oxygen atoms in total. The van der Waals surface area contributed by atoms with Gasteiger partial charge >= 0.3 is 5.97 Å². The highest BCUT2D eigenvalue weighted by Crippen LogP contribution is 2.28. The Hall–Kier alpha value is -1.78. The van der Waals surface area contributed by atoms with E-state index < -0.39 is 11.9 Å². The van der Waals surface area contributed by atoms with Crippen molar-refractivity contribution in [3.63, 3.8) is 0 Å². The second-order valence-corrected chi connectivity index (χ2v) is 5.56. The van der Waals surface area contributed by atoms with Gasteiger partial charge in [-0.2, -0.15) is 0 Å². The van der Waals surface area contributed by atoms with E-state index in [1.54, 1.807) is 38.2 Å². The molecule has 0 saturated heterocycles. The number of halogens is 2. The minimum atomic E-state index is -0.974. The van der Waals surface area contributed by atoms with Crippen molar-refractivity contribution in [3.8, 4) is 0 Å². The maximum Gasteiger partial charge on any atom is 0.312 e. The van der Waals surface area contributed by atoms with E-state index in [2.05, 4.69) is 0 Å². The lowest BCUT2D eigenvalue weighted by molar-refractivity contribution is -0.138. The lowest BCUT2D eigenvalue weighted by Gasteiger charge is -2.10. The summed E-state index contributed by atoms with van der Waals surface area (Å²) in [5.74, 6) is -2.00. The molecule has 6 heteroatoms. The number of carbonyl (C=O) groups excluding carboxylic acids is 1. The van der Waals surface area contributed by atoms with Gasteiger partial charge < -0.3 is 9.67 Å². The van der Waals surface area contributed by atoms with Crippen molar-refractivity contribution in [3.05, 3.63) is 57.3 Å². The average molecular weight is 326 g/mol. The number of ketones is 1. The molecular weight excluding hydrogens is 313 g/mol. The van der Waals surface area contributed by atoms with Gasteiger partial charge in [0.2, 0.25) is 5.78 Å². The first-order valence-corrected chi connectivity index (χ1v) is 6.96. The maximum absolute atomic E-state index is 12.5. The van der Waals surface area contributed by atoms with E-state index in [0.29, 0.717) is 16.3 Å². The van der Waals surface area contributed by atoms with Crippen molar-refractivity contribution in [1.82, 2.24) is 4.57 Å². The molecule has 21 heavy (non-hydrogen) atoms. The Morgan fingerprint density at radius 3 is 2.29 bits per heavy atom. The van der Waals surface area contributed by atoms with Crippen molar-refractivity contribution in [2.24, 2.45) is 7.05 Å². The van der Waals surface area contributed by atoms with Crippen LogP contribution in [-0.2, 0) is 11.8 Å². The Labute approximate surface area is 131 Å². The number of nitrogens with zero attached hydrogens (tertiary/aromatic N) is 1. The van der Waals surface area contributed by atoms with Crippen LogP contribution in [-0.4, -0.2) is 21.4 Å². The number of aromatic nitrogens is 1. The smallest absolute Gasteiger partial charge is 0.312 e. The average Bonchev–Trinajstić information content (AvgIpc) is 2.73. The van der Waals surface area contributed by atoms with E-state index in [1.807, 2.05) is 0 Å². The van der Waals surface area contributed by atoms with Crippen molar-refractivity contribution >= 4 is 35.0 Å². The standard InChI is InChI=1S/C15H13Cl2NO3/c1-8(15(20)21)12-7-11(17)13(18(12)2)14(19)9-3-5-10(16)6-4-9/h3-8H,1-2H3,(H,20,21). The van der Waals surface area contributed by atoms with Crippen molar-refractivity contribution < 1.29 is 14.7 Å². The molecule has 0 spiro atoms. The summed E-state index contributed by atoms with van der Waals surface area (Å²) < 4.78 is 1.53. The topological polar surface area (TPSA) is 59.3 Å². The Balaban J connectivity index is 2.47. The van der Waals surface area contributed by atoms with Crippen LogP contribution in [0.25, 0.3) is 0 Å². The molecular formula is C15H13Cl2NO3. The summed E-state index contributed by atoms with van der Waals surface area (Å²) in [5.41, 5.74) is 1.18. The molecule has 1 aromatic carbocycles. The van der Waals surface area contributed by atoms with Gasteiger partial charge in [-0.1, -0.05) is 23.2 Å². The quantitative estimate of drug-likeness (QED) is 0.871. The van der Waals surface area contributed by atoms with Crippen LogP contribution in [0.4, 0.5) is 0 Å². The number of hydrogen-bond donors (Lipinski definition) is 1. The number of benzene rings is 1. The van der Waals surface area contributed by atoms with Gasteiger partial charge in [-0.05, 0) is 37.3 Å². The normalized spacial score (nSPS) is 12.2. The third-order valence-corrected chi connectivity index (χ3v) is 3.90. The fourth-order valence-electron chi connectivity index (χ4n) is 2.13. The second kappa shape index (κ2) is 5.92. The Morgan fingerprint density at radius 1 is 1.19 bits per heavy atom. The molecule has 1 N–H and O–H groups in total. The zero-order chi connectivity index (χ0) is 15.7. The van der Waals surface area contributed by atoms with Gasteiger partial charge in [0, 0.05) is 23.3 Å². The zero-order valence-electron chi connectivity index (χ0n) is 11.4. The van der Waals surface area contributed by atoms with Crippen LogP contribution < -0.4 is 0 Å². The molecule has 0 saturated carbocycles. The van der Waals surface area contributed by atoms with E-state index in [9.17, 15) is 9.59 Å². The predicted octanol–water partition coefficient (Wildman–Crippen LogP) is 3.75. The summed E-state index contributed by atoms with van der Waals surface area (Å²) in [6.45, 7) is 1.55. The molecule has 0 amide bonds. The fourth-order valence-corrected chi connectivity index (χ4v) is 2.58. The van der Waals surface area contributed by atoms with Gasteiger partial charge in [-0.3, -0.25) is 9.59 Å². The van der Waals surface area contributed by atoms with Crippen LogP contribution >= 0.6 is 23.2 Å². The first-order chi connectivity index (χ1) is 9.82. The van der Waals surface area contributed by atoms with Gasteiger partial charge in [-0.15, -0.1) is 0 Å². The molecule has 2 rings (SSSR count). The largest absolute Gasteiger partial charge is 0.481 e. The van der Waals surface area contributed by atoms with E-state index in [0.717, 1.165) is 0 Å². The SMILES string of the molecule is CC(C(=O)O)c1cc(Cl)c(C(=O)c2ccc(Cl)cc2)n1C. The van der Waals surface area contributed by atoms with Crippen LogP contribution in [0.3, 0.4) is 0 Å². The van der Waals surface area contributed by atoms with E-state index in [4.69, 9.17) is 28.3 Å². The molecule has 0 fully saturated rings. The highest BCUT2D eigenvalue weighted by atomic mass is 35.5. The predicted molar refractivity (Wildman–Crippen MR) is 81.4 cm³/mol. The number of carboxylic acids is 1. The molecule has 1 aromatic heterocycles. The third kappa shape index (κ3) is 2.96. The lowest BCUT2D eigenvalue weighted by Crippen LogP contribution is -2.14. The molecule has 2 aromatic rings. The summed E-state index contributed by atoms with van der Waals surface area (Å²) in [5, 5.41) is 9.86. The highest BCUT2D eigenvalue weighted by Gasteiger charge is 2.24. The fraction of sp³-hybridized carbons (Fsp3) is 0.200. The third-order valence-electron chi connectivity index (χ3n) is 3.36. The summed E-state index contributed by atoms with van der Waals surface area (Å²) in [7, 11) is 1.63. The van der Waals surface area contributed by atoms with Crippen molar-refractivity contribution in [1.29, 1.82) is 0 Å². The monoisotopic (exact) mass is 325 g/mol. The molecule has 1 atom stereocenters. The molecule has 1 unspecified atom stereocenters. The minimum Gasteiger partial charge on any atom is -0.481 e. The van der Waals surface area contributed by atoms with Crippen molar-refractivity contribution in [2.75, 3.05) is 0 Å². The van der Waals surface area contributed by atoms with Gasteiger partial charge in [0.05, 0.1) is 10.9 Å². The maximum atomic E-state index is 12.5. The number of aliphatic carboxylic acids is 1. The lowest BCUT2D eigenvalue weighted by atomic mass is 10.1. The first-order valence-electron chi connectivity index (χ1n) is 6.21. The molecule has 0 aliphatic heterocycles. The number of carboxylic acid groups (broad SMARTS) is 1. The van der Waals surface area contributed by atoms with Crippen LogP contribution in [0.1, 0.15) is 34.6 Å². The molecule has 0 aliphatic carbocycles. The highest BCUT2D eigenvalue weighted by molar-refractivity contribution is 6.35. The van der Waals surface area contributed by atoms with Gasteiger partial charge in [-0.25, -0.2) is 0 Å². The number of hydrogen-bond acceptors (Lipinski definition) is 2. The molecule has 0 radical (unpaired) electrons. The Kier molecular flexibility index (Phi) is 4.40. The van der Waals surface area contributed by atoms with Gasteiger partial charge in [0.1, 0.15) is 5.69 Å². The summed E-state index contributed by atoms with van der Waals surface area (Å²) in [6.07, 6.45) is 0. The number of rotatable bonds is 4. The van der Waals surface area contributed by atoms with E-state index in [-0.39, 0.29) is 16.5 Å². The van der Waals surface area contributed by atoms with E-state index >= 15 is 0 Å².